The Bertz CT molecular complexity index is 316. The Morgan fingerprint density at radius 1 is 1.44 bits per heavy atom. The van der Waals surface area contributed by atoms with Gasteiger partial charge in [0.25, 0.3) is 0 Å². The predicted octanol–water partition coefficient (Wildman–Crippen LogP) is 2.84. The molecule has 0 aliphatic carbocycles. The molecule has 0 bridgehead atoms. The van der Waals surface area contributed by atoms with Gasteiger partial charge in [-0.3, -0.25) is 9.88 Å². The number of nitrogens with zero attached hydrogens (tertiary/aromatic N) is 2. The van der Waals surface area contributed by atoms with Crippen LogP contribution in [0.2, 0.25) is 0 Å². The third-order valence-corrected chi connectivity index (χ3v) is 2.79. The highest BCUT2D eigenvalue weighted by Gasteiger charge is 2.38. The average Bonchev–Trinajstić information content (AvgIpc) is 2.17. The Morgan fingerprint density at radius 3 is 2.62 bits per heavy atom. The van der Waals surface area contributed by atoms with Gasteiger partial charge in [-0.15, -0.1) is 0 Å². The number of hydrogen-bond acceptors (Lipinski definition) is 2. The summed E-state index contributed by atoms with van der Waals surface area (Å²) in [5, 5.41) is 0. The lowest BCUT2D eigenvalue weighted by atomic mass is 10.3. The lowest BCUT2D eigenvalue weighted by Crippen LogP contribution is -2.35. The number of alkyl halides is 4. The number of rotatable bonds is 4. The van der Waals surface area contributed by atoms with Crippen molar-refractivity contribution >= 4 is 15.9 Å². The van der Waals surface area contributed by atoms with Crippen LogP contribution < -0.4 is 0 Å². The van der Waals surface area contributed by atoms with Crippen LogP contribution in [-0.2, 0) is 6.54 Å². The van der Waals surface area contributed by atoms with Crippen molar-refractivity contribution in [2.24, 2.45) is 0 Å². The second-order valence-corrected chi connectivity index (χ2v) is 4.63. The van der Waals surface area contributed by atoms with Crippen molar-refractivity contribution in [2.75, 3.05) is 13.6 Å². The molecule has 0 aliphatic rings. The Morgan fingerprint density at radius 2 is 2.12 bits per heavy atom. The van der Waals surface area contributed by atoms with Crippen LogP contribution in [0.1, 0.15) is 5.69 Å². The third-order valence-electron chi connectivity index (χ3n) is 1.99. The van der Waals surface area contributed by atoms with Gasteiger partial charge in [0.05, 0.1) is 5.69 Å². The second kappa shape index (κ2) is 5.63. The van der Waals surface area contributed by atoms with E-state index < -0.39 is 11.0 Å². The topological polar surface area (TPSA) is 16.1 Å². The van der Waals surface area contributed by atoms with E-state index >= 15 is 0 Å². The van der Waals surface area contributed by atoms with Crippen LogP contribution in [0, 0.1) is 0 Å². The molecule has 0 fully saturated rings. The van der Waals surface area contributed by atoms with Gasteiger partial charge in [-0.25, -0.2) is 0 Å². The highest BCUT2D eigenvalue weighted by Crippen LogP contribution is 2.26. The molecule has 1 aromatic heterocycles. The molecule has 0 spiro atoms. The van der Waals surface area contributed by atoms with E-state index in [0.29, 0.717) is 6.54 Å². The van der Waals surface area contributed by atoms with Crippen molar-refractivity contribution in [3.63, 3.8) is 0 Å². The fourth-order valence-corrected chi connectivity index (χ4v) is 1.70. The molecule has 1 atom stereocenters. The van der Waals surface area contributed by atoms with E-state index in [9.17, 15) is 13.2 Å². The summed E-state index contributed by atoms with van der Waals surface area (Å²) in [6.07, 6.45) is -2.59. The largest absolute Gasteiger partial charge is 0.402 e. The molecule has 0 N–H and O–H groups in total. The molecule has 1 rings (SSSR count). The summed E-state index contributed by atoms with van der Waals surface area (Å²) in [4.78, 5) is 4.12. The normalized spacial score (nSPS) is 14.1. The zero-order valence-electron chi connectivity index (χ0n) is 8.71. The quantitative estimate of drug-likeness (QED) is 0.794. The Balaban J connectivity index is 2.45. The molecule has 0 amide bonds. The molecule has 0 radical (unpaired) electrons. The first-order chi connectivity index (χ1) is 7.39. The fourth-order valence-electron chi connectivity index (χ4n) is 1.21. The number of pyridine rings is 1. The van der Waals surface area contributed by atoms with Gasteiger partial charge in [0, 0.05) is 19.3 Å². The van der Waals surface area contributed by atoms with Gasteiger partial charge in [0.2, 0.25) is 0 Å². The van der Waals surface area contributed by atoms with E-state index in [4.69, 9.17) is 0 Å². The maximum absolute atomic E-state index is 12.3. The number of hydrogen-bond donors (Lipinski definition) is 0. The van der Waals surface area contributed by atoms with Crippen LogP contribution in [-0.4, -0.2) is 34.5 Å². The smallest absolute Gasteiger partial charge is 0.299 e. The minimum atomic E-state index is -4.21. The fraction of sp³-hybridized carbons (Fsp3) is 0.500. The molecule has 1 unspecified atom stereocenters. The van der Waals surface area contributed by atoms with Gasteiger partial charge in [-0.05, 0) is 19.2 Å². The summed E-state index contributed by atoms with van der Waals surface area (Å²) in [5.41, 5.74) is 0.756. The first kappa shape index (κ1) is 13.4. The van der Waals surface area contributed by atoms with Crippen LogP contribution in [0.4, 0.5) is 13.2 Å². The van der Waals surface area contributed by atoms with E-state index in [1.807, 2.05) is 6.07 Å². The van der Waals surface area contributed by atoms with Crippen LogP contribution in [0.5, 0.6) is 0 Å². The second-order valence-electron chi connectivity index (χ2n) is 3.53. The zero-order chi connectivity index (χ0) is 12.2. The maximum Gasteiger partial charge on any atom is 0.402 e. The summed E-state index contributed by atoms with van der Waals surface area (Å²) in [6.45, 7) is 0.305. The van der Waals surface area contributed by atoms with E-state index in [2.05, 4.69) is 20.9 Å². The van der Waals surface area contributed by atoms with Crippen LogP contribution >= 0.6 is 15.9 Å². The molecule has 0 aliphatic heterocycles. The molecule has 0 aromatic carbocycles. The first-order valence-corrected chi connectivity index (χ1v) is 5.60. The van der Waals surface area contributed by atoms with E-state index in [-0.39, 0.29) is 6.54 Å². The number of aromatic nitrogens is 1. The highest BCUT2D eigenvalue weighted by molar-refractivity contribution is 9.09. The highest BCUT2D eigenvalue weighted by atomic mass is 79.9. The molecule has 2 nitrogen and oxygen atoms in total. The van der Waals surface area contributed by atoms with Crippen molar-refractivity contribution < 1.29 is 13.2 Å². The van der Waals surface area contributed by atoms with Crippen molar-refractivity contribution in [3.8, 4) is 0 Å². The first-order valence-electron chi connectivity index (χ1n) is 4.69. The summed E-state index contributed by atoms with van der Waals surface area (Å²) in [7, 11) is 1.63. The molecule has 16 heavy (non-hydrogen) atoms. The third kappa shape index (κ3) is 4.49. The Labute approximate surface area is 101 Å². The average molecular weight is 297 g/mol. The summed E-state index contributed by atoms with van der Waals surface area (Å²) >= 11 is 2.63. The summed E-state index contributed by atoms with van der Waals surface area (Å²) < 4.78 is 36.8. The van der Waals surface area contributed by atoms with E-state index in [1.54, 1.807) is 30.3 Å². The Hall–Kier alpha value is -0.620. The lowest BCUT2D eigenvalue weighted by Gasteiger charge is -2.21. The number of halogens is 4. The van der Waals surface area contributed by atoms with Gasteiger partial charge in [0.1, 0.15) is 4.83 Å². The lowest BCUT2D eigenvalue weighted by molar-refractivity contribution is -0.130. The predicted molar refractivity (Wildman–Crippen MR) is 59.3 cm³/mol. The van der Waals surface area contributed by atoms with Crippen molar-refractivity contribution in [1.82, 2.24) is 9.88 Å². The van der Waals surface area contributed by atoms with E-state index in [1.165, 1.54) is 0 Å². The maximum atomic E-state index is 12.3. The van der Waals surface area contributed by atoms with Gasteiger partial charge in [0.15, 0.2) is 0 Å². The van der Waals surface area contributed by atoms with Gasteiger partial charge >= 0.3 is 6.18 Å². The zero-order valence-corrected chi connectivity index (χ0v) is 10.3. The van der Waals surface area contributed by atoms with Crippen molar-refractivity contribution in [2.45, 2.75) is 17.5 Å². The van der Waals surface area contributed by atoms with Crippen molar-refractivity contribution in [1.29, 1.82) is 0 Å². The Kier molecular flexibility index (Phi) is 4.73. The van der Waals surface area contributed by atoms with Crippen LogP contribution in [0.3, 0.4) is 0 Å². The van der Waals surface area contributed by atoms with Gasteiger partial charge in [-0.1, -0.05) is 22.0 Å². The molecule has 1 aromatic rings. The molecular formula is C10H12BrF3N2. The molecule has 0 saturated carbocycles. The molecule has 6 heteroatoms. The summed E-state index contributed by atoms with van der Waals surface area (Å²) in [6, 6.07) is 5.37. The van der Waals surface area contributed by atoms with Gasteiger partial charge in [-0.2, -0.15) is 13.2 Å². The summed E-state index contributed by atoms with van der Waals surface area (Å²) in [5.74, 6) is 0. The minimum Gasteiger partial charge on any atom is -0.299 e. The van der Waals surface area contributed by atoms with Crippen molar-refractivity contribution in [3.05, 3.63) is 30.1 Å². The standard InChI is InChI=1S/C10H12BrF3N2/c1-16(7-9(11)10(12,13)14)6-8-4-2-3-5-15-8/h2-5,9H,6-7H2,1H3. The molecule has 1 heterocycles. The molecular weight excluding hydrogens is 285 g/mol. The monoisotopic (exact) mass is 296 g/mol. The minimum absolute atomic E-state index is 0.0971. The van der Waals surface area contributed by atoms with Gasteiger partial charge < -0.3 is 0 Å². The SMILES string of the molecule is CN(Cc1ccccn1)CC(Br)C(F)(F)F. The molecule has 90 valence electrons. The molecule has 0 saturated heterocycles. The van der Waals surface area contributed by atoms with Crippen LogP contribution in [0.15, 0.2) is 24.4 Å². The van der Waals surface area contributed by atoms with Crippen LogP contribution in [0.25, 0.3) is 0 Å². The van der Waals surface area contributed by atoms with E-state index in [0.717, 1.165) is 5.69 Å².